The molecule has 0 atom stereocenters. The van der Waals surface area contributed by atoms with Gasteiger partial charge in [0, 0.05) is 18.1 Å². The fraction of sp³-hybridized carbons (Fsp3) is 0.375. The van der Waals surface area contributed by atoms with Crippen LogP contribution in [0.15, 0.2) is 28.7 Å². The Balaban J connectivity index is 1.76. The van der Waals surface area contributed by atoms with Gasteiger partial charge >= 0.3 is 0 Å². The van der Waals surface area contributed by atoms with Crippen LogP contribution in [0.5, 0.6) is 0 Å². The van der Waals surface area contributed by atoms with Gasteiger partial charge in [-0.3, -0.25) is 9.89 Å². The molecular formula is C16H19BrFN3OS. The van der Waals surface area contributed by atoms with Crippen molar-refractivity contribution < 1.29 is 9.18 Å². The van der Waals surface area contributed by atoms with Gasteiger partial charge in [0.15, 0.2) is 5.69 Å². The van der Waals surface area contributed by atoms with Crippen molar-refractivity contribution in [2.75, 3.05) is 12.3 Å². The molecule has 2 N–H and O–H groups in total. The highest BCUT2D eigenvalue weighted by molar-refractivity contribution is 9.10. The zero-order valence-electron chi connectivity index (χ0n) is 13.0. The topological polar surface area (TPSA) is 57.8 Å². The normalized spacial score (nSPS) is 11.0. The van der Waals surface area contributed by atoms with E-state index < -0.39 is 0 Å². The molecule has 0 aliphatic rings. The van der Waals surface area contributed by atoms with Crippen LogP contribution in [0.25, 0.3) is 0 Å². The van der Waals surface area contributed by atoms with Crippen LogP contribution in [-0.4, -0.2) is 28.4 Å². The number of hydrogen-bond acceptors (Lipinski definition) is 3. The molecule has 0 bridgehead atoms. The first kappa shape index (κ1) is 18.0. The Bertz CT molecular complexity index is 675. The van der Waals surface area contributed by atoms with Gasteiger partial charge in [-0.25, -0.2) is 4.39 Å². The zero-order chi connectivity index (χ0) is 16.8. The number of thioether (sulfide) groups is 1. The summed E-state index contributed by atoms with van der Waals surface area (Å²) in [6.07, 6.45) is 0. The fourth-order valence-corrected chi connectivity index (χ4v) is 3.65. The van der Waals surface area contributed by atoms with Crippen LogP contribution in [-0.2, 0) is 5.75 Å². The van der Waals surface area contributed by atoms with Gasteiger partial charge in [-0.1, -0.05) is 32.0 Å². The number of amides is 1. The van der Waals surface area contributed by atoms with Gasteiger partial charge in [0.2, 0.25) is 0 Å². The summed E-state index contributed by atoms with van der Waals surface area (Å²) in [4.78, 5) is 12.1. The molecule has 0 radical (unpaired) electrons. The molecule has 2 rings (SSSR count). The smallest absolute Gasteiger partial charge is 0.272 e. The van der Waals surface area contributed by atoms with Crippen molar-refractivity contribution in [1.82, 2.24) is 15.5 Å². The predicted octanol–water partition coefficient (Wildman–Crippen LogP) is 4.10. The number of aromatic nitrogens is 2. The van der Waals surface area contributed by atoms with Crippen LogP contribution in [0.1, 0.15) is 41.5 Å². The summed E-state index contributed by atoms with van der Waals surface area (Å²) in [5, 5.41) is 9.76. The monoisotopic (exact) mass is 399 g/mol. The van der Waals surface area contributed by atoms with Crippen molar-refractivity contribution >= 4 is 33.6 Å². The molecule has 0 saturated carbocycles. The SMILES string of the molecule is CC(C)c1[nH]nc(C(=O)NCCSCc2ccccc2F)c1Br. The number of nitrogens with one attached hydrogen (secondary N) is 2. The highest BCUT2D eigenvalue weighted by Gasteiger charge is 2.18. The summed E-state index contributed by atoms with van der Waals surface area (Å²) >= 11 is 4.99. The van der Waals surface area contributed by atoms with E-state index in [1.807, 2.05) is 19.9 Å². The maximum absolute atomic E-state index is 13.5. The molecule has 0 spiro atoms. The molecule has 23 heavy (non-hydrogen) atoms. The Labute approximate surface area is 147 Å². The summed E-state index contributed by atoms with van der Waals surface area (Å²) in [5.74, 6) is 1.15. The van der Waals surface area contributed by atoms with E-state index in [4.69, 9.17) is 0 Å². The fourth-order valence-electron chi connectivity index (χ4n) is 1.99. The molecular weight excluding hydrogens is 381 g/mol. The first-order valence-corrected chi connectivity index (χ1v) is 9.28. The summed E-state index contributed by atoms with van der Waals surface area (Å²) in [6.45, 7) is 4.56. The first-order valence-electron chi connectivity index (χ1n) is 7.33. The quantitative estimate of drug-likeness (QED) is 0.689. The lowest BCUT2D eigenvalue weighted by atomic mass is 10.1. The molecule has 7 heteroatoms. The van der Waals surface area contributed by atoms with Gasteiger partial charge in [-0.2, -0.15) is 16.9 Å². The predicted molar refractivity (Wildman–Crippen MR) is 95.3 cm³/mol. The minimum atomic E-state index is -0.216. The average molecular weight is 400 g/mol. The molecule has 0 unspecified atom stereocenters. The highest BCUT2D eigenvalue weighted by Crippen LogP contribution is 2.25. The second-order valence-electron chi connectivity index (χ2n) is 5.35. The largest absolute Gasteiger partial charge is 0.350 e. The van der Waals surface area contributed by atoms with Gasteiger partial charge in [0.05, 0.1) is 10.2 Å². The summed E-state index contributed by atoms with van der Waals surface area (Å²) in [5.41, 5.74) is 1.96. The van der Waals surface area contributed by atoms with E-state index in [0.717, 1.165) is 5.69 Å². The molecule has 1 amide bonds. The van der Waals surface area contributed by atoms with E-state index in [2.05, 4.69) is 31.4 Å². The molecule has 0 saturated heterocycles. The van der Waals surface area contributed by atoms with Crippen LogP contribution < -0.4 is 5.32 Å². The lowest BCUT2D eigenvalue weighted by Crippen LogP contribution is -2.26. The van der Waals surface area contributed by atoms with Crippen molar-refractivity contribution in [3.05, 3.63) is 51.5 Å². The van der Waals surface area contributed by atoms with Gasteiger partial charge in [0.25, 0.3) is 5.91 Å². The van der Waals surface area contributed by atoms with Gasteiger partial charge < -0.3 is 5.32 Å². The third-order valence-corrected chi connectivity index (χ3v) is 5.08. The number of carbonyl (C=O) groups excluding carboxylic acids is 1. The number of aromatic amines is 1. The highest BCUT2D eigenvalue weighted by atomic mass is 79.9. The maximum atomic E-state index is 13.5. The Kier molecular flexibility index (Phi) is 6.65. The number of benzene rings is 1. The van der Waals surface area contributed by atoms with E-state index >= 15 is 0 Å². The molecule has 0 fully saturated rings. The molecule has 1 aromatic carbocycles. The summed E-state index contributed by atoms with van der Waals surface area (Å²) < 4.78 is 14.2. The molecule has 1 aromatic heterocycles. The van der Waals surface area contributed by atoms with Gasteiger partial charge in [-0.15, -0.1) is 0 Å². The Morgan fingerprint density at radius 3 is 2.83 bits per heavy atom. The number of rotatable bonds is 7. The minimum absolute atomic E-state index is 0.189. The first-order chi connectivity index (χ1) is 11.0. The van der Waals surface area contributed by atoms with Crippen molar-refractivity contribution in [1.29, 1.82) is 0 Å². The maximum Gasteiger partial charge on any atom is 0.272 e. The summed E-state index contributed by atoms with van der Waals surface area (Å²) in [7, 11) is 0. The number of H-pyrrole nitrogens is 1. The van der Waals surface area contributed by atoms with Gasteiger partial charge in [-0.05, 0) is 33.5 Å². The van der Waals surface area contributed by atoms with Gasteiger partial charge in [0.1, 0.15) is 5.82 Å². The van der Waals surface area contributed by atoms with Crippen molar-refractivity contribution in [2.45, 2.75) is 25.5 Å². The third kappa shape index (κ3) is 4.81. The number of carbonyl (C=O) groups is 1. The lowest BCUT2D eigenvalue weighted by molar-refractivity contribution is 0.0950. The molecule has 124 valence electrons. The van der Waals surface area contributed by atoms with E-state index in [1.165, 1.54) is 6.07 Å². The van der Waals surface area contributed by atoms with E-state index in [9.17, 15) is 9.18 Å². The van der Waals surface area contributed by atoms with Crippen LogP contribution >= 0.6 is 27.7 Å². The molecule has 1 heterocycles. The average Bonchev–Trinajstić information content (AvgIpc) is 2.90. The second kappa shape index (κ2) is 8.49. The second-order valence-corrected chi connectivity index (χ2v) is 7.25. The van der Waals surface area contributed by atoms with Crippen LogP contribution in [0.3, 0.4) is 0 Å². The van der Waals surface area contributed by atoms with Crippen LogP contribution in [0, 0.1) is 5.82 Å². The third-order valence-electron chi connectivity index (χ3n) is 3.27. The van der Waals surface area contributed by atoms with Crippen molar-refractivity contribution in [3.8, 4) is 0 Å². The van der Waals surface area contributed by atoms with Crippen molar-refractivity contribution in [2.24, 2.45) is 0 Å². The number of nitrogens with zero attached hydrogens (tertiary/aromatic N) is 1. The van der Waals surface area contributed by atoms with E-state index in [1.54, 1.807) is 23.9 Å². The Hall–Kier alpha value is -1.34. The van der Waals surface area contributed by atoms with Crippen LogP contribution in [0.4, 0.5) is 4.39 Å². The zero-order valence-corrected chi connectivity index (χ0v) is 15.4. The Morgan fingerprint density at radius 1 is 1.43 bits per heavy atom. The molecule has 0 aliphatic heterocycles. The molecule has 4 nitrogen and oxygen atoms in total. The number of halogens is 2. The van der Waals surface area contributed by atoms with Crippen LogP contribution in [0.2, 0.25) is 0 Å². The van der Waals surface area contributed by atoms with E-state index in [0.29, 0.717) is 33.8 Å². The minimum Gasteiger partial charge on any atom is -0.350 e. The van der Waals surface area contributed by atoms with E-state index in [-0.39, 0.29) is 17.6 Å². The summed E-state index contributed by atoms with van der Waals surface area (Å²) in [6, 6.07) is 6.73. The molecule has 2 aromatic rings. The Morgan fingerprint density at radius 2 is 2.17 bits per heavy atom. The van der Waals surface area contributed by atoms with Crippen molar-refractivity contribution in [3.63, 3.8) is 0 Å². The standard InChI is InChI=1S/C16H19BrFN3OS/c1-10(2)14-13(17)15(21-20-14)16(22)19-7-8-23-9-11-5-3-4-6-12(11)18/h3-6,10H,7-9H2,1-2H3,(H,19,22)(H,20,21). The lowest BCUT2D eigenvalue weighted by Gasteiger charge is -2.05. The number of hydrogen-bond donors (Lipinski definition) is 2. The molecule has 0 aliphatic carbocycles.